The molecule has 1 N–H and O–H groups in total. The molecule has 0 aromatic rings. The maximum Gasteiger partial charge on any atom is 0.460 e. The van der Waals surface area contributed by atoms with Crippen LogP contribution in [0.5, 0.6) is 0 Å². The third-order valence-corrected chi connectivity index (χ3v) is 9.18. The molecular formula is C43H84F18O8. The van der Waals surface area contributed by atoms with Gasteiger partial charge in [0.1, 0.15) is 6.61 Å². The zero-order valence-corrected chi connectivity index (χ0v) is 32.3. The van der Waals surface area contributed by atoms with Gasteiger partial charge < -0.3 is 24.1 Å². The number of hydrogen-bond acceptors (Lipinski definition) is 8. The van der Waals surface area contributed by atoms with Gasteiger partial charge in [-0.25, -0.2) is 0 Å². The zero-order chi connectivity index (χ0) is 47.3. The Bertz CT molecular complexity index is 1420. The number of hydrogen-bond donors (Lipinski definition) is 1. The fourth-order valence-corrected chi connectivity index (χ4v) is 5.47. The Morgan fingerprint density at radius 1 is 0.478 bits per heavy atom. The molecule has 26 heteroatoms. The van der Waals surface area contributed by atoms with Crippen molar-refractivity contribution >= 4 is 17.9 Å². The second-order valence-electron chi connectivity index (χ2n) is 14.9. The van der Waals surface area contributed by atoms with Gasteiger partial charge in [-0.05, 0) is 60.3 Å². The van der Waals surface area contributed by atoms with Gasteiger partial charge in [-0.2, -0.15) is 79.0 Å². The number of carbonyl (C=O) groups is 3. The monoisotopic (exact) mass is 1070 g/mol. The summed E-state index contributed by atoms with van der Waals surface area (Å²) in [5.74, 6) is -48.5. The lowest BCUT2D eigenvalue weighted by Gasteiger charge is -2.40. The highest BCUT2D eigenvalue weighted by Crippen LogP contribution is 2.60. The molecular weight excluding hydrogens is 986 g/mol. The molecule has 0 aliphatic carbocycles. The Morgan fingerprint density at radius 3 is 1.17 bits per heavy atom. The second kappa shape index (κ2) is 31.5. The number of aliphatic hydroxyl groups is 1. The first-order valence-corrected chi connectivity index (χ1v) is 17.2. The van der Waals surface area contributed by atoms with E-state index in [4.69, 9.17) is 9.47 Å². The van der Waals surface area contributed by atoms with Crippen LogP contribution < -0.4 is 0 Å². The Balaban J connectivity index is -0.000000374. The van der Waals surface area contributed by atoms with Crippen LogP contribution >= 0.6 is 0 Å². The van der Waals surface area contributed by atoms with Crippen molar-refractivity contribution < 1.29 is 117 Å². The molecule has 0 heterocycles. The molecule has 4 atom stereocenters. The number of carbonyl (C=O) groups excluding carboxylic acids is 3. The van der Waals surface area contributed by atoms with E-state index in [0.29, 0.717) is 6.42 Å². The van der Waals surface area contributed by atoms with Gasteiger partial charge in [0, 0.05) is 0 Å². The molecule has 4 unspecified atom stereocenters. The average molecular weight is 1070 g/mol. The van der Waals surface area contributed by atoms with Crippen molar-refractivity contribution in [1.29, 1.82) is 0 Å². The molecule has 0 aromatic heterocycles. The van der Waals surface area contributed by atoms with Crippen molar-refractivity contribution in [1.82, 2.24) is 0 Å². The number of ether oxygens (including phenoxy) is 4. The first-order chi connectivity index (χ1) is 26.0. The van der Waals surface area contributed by atoms with E-state index < -0.39 is 153 Å². The van der Waals surface area contributed by atoms with E-state index in [0.717, 1.165) is 34.6 Å². The number of alkyl halides is 18. The first kappa shape index (κ1) is 92.2. The van der Waals surface area contributed by atoms with Gasteiger partial charge in [0.05, 0.1) is 61.1 Å². The Hall–Kier alpha value is -2.93. The van der Waals surface area contributed by atoms with Crippen LogP contribution in [0.25, 0.3) is 0 Å². The summed E-state index contributed by atoms with van der Waals surface area (Å²) in [7, 11) is 0. The highest BCUT2D eigenvalue weighted by molar-refractivity contribution is 5.82. The topological polar surface area (TPSA) is 108 Å². The van der Waals surface area contributed by atoms with Crippen molar-refractivity contribution in [2.24, 2.45) is 16.2 Å². The Morgan fingerprint density at radius 2 is 0.841 bits per heavy atom. The summed E-state index contributed by atoms with van der Waals surface area (Å²) < 4.78 is 260. The van der Waals surface area contributed by atoms with Gasteiger partial charge in [-0.15, -0.1) is 0 Å². The number of aliphatic hydroxyl groups excluding tert-OH is 1. The molecule has 0 spiro atoms. The van der Waals surface area contributed by atoms with Crippen molar-refractivity contribution in [2.45, 2.75) is 221 Å². The Kier molecular flexibility index (Phi) is 42.1. The van der Waals surface area contributed by atoms with Crippen LogP contribution in [0.4, 0.5) is 79.0 Å². The summed E-state index contributed by atoms with van der Waals surface area (Å²) in [4.78, 5) is 39.7. The molecule has 0 amide bonds. The summed E-state index contributed by atoms with van der Waals surface area (Å²) in [6.07, 6.45) is -22.4. The maximum atomic E-state index is 14.3. The molecule has 0 aliphatic rings. The van der Waals surface area contributed by atoms with Crippen molar-refractivity contribution in [3.05, 3.63) is 0 Å². The molecule has 0 aromatic carbocycles. The summed E-state index contributed by atoms with van der Waals surface area (Å²) in [5, 5.41) is 9.30. The van der Waals surface area contributed by atoms with Crippen LogP contribution in [0.1, 0.15) is 161 Å². The number of esters is 3. The summed E-state index contributed by atoms with van der Waals surface area (Å²) in [6, 6.07) is 0. The lowest BCUT2D eigenvalue weighted by Crippen LogP contribution is -2.70. The molecule has 0 aliphatic heterocycles. The normalized spacial score (nSPS) is 14.9. The van der Waals surface area contributed by atoms with Gasteiger partial charge in [0.2, 0.25) is 0 Å². The smallest absolute Gasteiger partial charge is 0.460 e. The lowest BCUT2D eigenvalue weighted by atomic mass is 9.65. The van der Waals surface area contributed by atoms with Crippen LogP contribution in [-0.4, -0.2) is 110 Å². The van der Waals surface area contributed by atoms with Crippen LogP contribution in [0.3, 0.4) is 0 Å². The minimum absolute atomic E-state index is 0. The predicted molar refractivity (Wildman–Crippen MR) is 232 cm³/mol. The fourth-order valence-electron chi connectivity index (χ4n) is 5.47. The van der Waals surface area contributed by atoms with Crippen LogP contribution in [0.15, 0.2) is 0 Å². The van der Waals surface area contributed by atoms with Gasteiger partial charge in [0.15, 0.2) is 0 Å². The van der Waals surface area contributed by atoms with Gasteiger partial charge in [-0.1, -0.05) is 88.1 Å². The zero-order valence-electron chi connectivity index (χ0n) is 32.3. The average Bonchev–Trinajstić information content (AvgIpc) is 3.07. The predicted octanol–water partition coefficient (Wildman–Crippen LogP) is 16.1. The first-order valence-electron chi connectivity index (χ1n) is 17.2. The summed E-state index contributed by atoms with van der Waals surface area (Å²) >= 11 is 0. The van der Waals surface area contributed by atoms with Gasteiger partial charge in [-0.3, -0.25) is 14.4 Å². The van der Waals surface area contributed by atoms with Gasteiger partial charge >= 0.3 is 65.8 Å². The highest BCUT2D eigenvalue weighted by Gasteiger charge is 2.90. The van der Waals surface area contributed by atoms with E-state index in [-0.39, 0.29) is 74.3 Å². The van der Waals surface area contributed by atoms with Crippen molar-refractivity contribution in [2.75, 3.05) is 26.4 Å². The second-order valence-corrected chi connectivity index (χ2v) is 14.9. The summed E-state index contributed by atoms with van der Waals surface area (Å²) in [5.41, 5.74) is -6.51. The standard InChI is InChI=1S/C33H44F18O8.10CH4/c1-8-19(14-52)59-18(3)15-58-20(53)23(4,5)16-25(7,22(55)57-13-11-27(36,37)32(46,47)48)17-24(6,9-2)21(54)56-12-10-26(34,35)28(38,39)29(40,41)30(42,43)31(44,45)33(49,50)51;;;;;;;;;;/h18-19,52H,8-17H2,1-7H3;10*1H4. The maximum absolute atomic E-state index is 14.3. The third-order valence-electron chi connectivity index (χ3n) is 9.18. The van der Waals surface area contributed by atoms with E-state index in [1.807, 2.05) is 0 Å². The van der Waals surface area contributed by atoms with Gasteiger partial charge in [0.25, 0.3) is 0 Å². The highest BCUT2D eigenvalue weighted by atomic mass is 19.4. The van der Waals surface area contributed by atoms with Crippen LogP contribution in [0, 0.1) is 16.2 Å². The van der Waals surface area contributed by atoms with E-state index in [1.165, 1.54) is 6.92 Å². The third kappa shape index (κ3) is 21.0. The molecule has 69 heavy (non-hydrogen) atoms. The van der Waals surface area contributed by atoms with Crippen LogP contribution in [0.2, 0.25) is 0 Å². The molecule has 0 radical (unpaired) electrons. The largest absolute Gasteiger partial charge is 0.465 e. The lowest BCUT2D eigenvalue weighted by molar-refractivity contribution is -0.440. The number of rotatable bonds is 24. The fraction of sp³-hybridized carbons (Fsp3) is 0.930. The minimum Gasteiger partial charge on any atom is -0.465 e. The molecule has 430 valence electrons. The van der Waals surface area contributed by atoms with E-state index in [9.17, 15) is 98.5 Å². The van der Waals surface area contributed by atoms with Crippen molar-refractivity contribution in [3.63, 3.8) is 0 Å². The van der Waals surface area contributed by atoms with Crippen molar-refractivity contribution in [3.8, 4) is 0 Å². The SMILES string of the molecule is C.C.C.C.C.C.C.C.C.C.CCC(CO)OC(C)COC(=O)C(C)(C)CC(C)(CC(C)(CC)C(=O)OCCC(F)(F)C(F)(F)C(F)(F)C(F)(F)C(F)(F)C(F)(F)F)C(=O)OCCC(F)(F)C(F)(F)F. The molecule has 8 nitrogen and oxygen atoms in total. The van der Waals surface area contributed by atoms with E-state index in [2.05, 4.69) is 9.47 Å². The molecule has 0 saturated heterocycles. The molecule has 0 rings (SSSR count). The molecule has 0 saturated carbocycles. The van der Waals surface area contributed by atoms with E-state index in [1.54, 1.807) is 6.92 Å². The Labute approximate surface area is 399 Å². The number of halogens is 18. The molecule has 0 bridgehead atoms. The van der Waals surface area contributed by atoms with E-state index >= 15 is 0 Å². The summed E-state index contributed by atoms with van der Waals surface area (Å²) in [6.45, 7) is 3.53. The molecule has 0 fully saturated rings. The minimum atomic E-state index is -8.17. The quantitative estimate of drug-likeness (QED) is 0.0578. The van der Waals surface area contributed by atoms with Crippen LogP contribution in [-0.2, 0) is 33.3 Å².